The monoisotopic (exact) mass is 210 g/mol. The van der Waals surface area contributed by atoms with Crippen molar-refractivity contribution in [2.24, 2.45) is 0 Å². The van der Waals surface area contributed by atoms with Crippen LogP contribution in [0.3, 0.4) is 0 Å². The lowest BCUT2D eigenvalue weighted by atomic mass is 10.3. The SMILES string of the molecule is OCc1cncnc1-n1cc(Cl)cn1. The summed E-state index contributed by atoms with van der Waals surface area (Å²) in [4.78, 5) is 7.81. The van der Waals surface area contributed by atoms with Crippen LogP contribution < -0.4 is 0 Å². The molecule has 0 radical (unpaired) electrons. The Balaban J connectivity index is 2.50. The van der Waals surface area contributed by atoms with Gasteiger partial charge in [-0.3, -0.25) is 0 Å². The fraction of sp³-hybridized carbons (Fsp3) is 0.125. The van der Waals surface area contributed by atoms with Crippen LogP contribution in [0.15, 0.2) is 24.9 Å². The van der Waals surface area contributed by atoms with Gasteiger partial charge in [-0.25, -0.2) is 14.6 Å². The molecule has 14 heavy (non-hydrogen) atoms. The number of aliphatic hydroxyl groups is 1. The van der Waals surface area contributed by atoms with Crippen LogP contribution in [-0.4, -0.2) is 24.9 Å². The Morgan fingerprint density at radius 3 is 2.93 bits per heavy atom. The molecule has 0 bridgehead atoms. The number of rotatable bonds is 2. The maximum Gasteiger partial charge on any atom is 0.162 e. The van der Waals surface area contributed by atoms with Crippen LogP contribution in [-0.2, 0) is 6.61 Å². The lowest BCUT2D eigenvalue weighted by Gasteiger charge is -2.03. The van der Waals surface area contributed by atoms with Gasteiger partial charge < -0.3 is 5.11 Å². The van der Waals surface area contributed by atoms with Gasteiger partial charge in [0.25, 0.3) is 0 Å². The van der Waals surface area contributed by atoms with E-state index < -0.39 is 0 Å². The van der Waals surface area contributed by atoms with Crippen molar-refractivity contribution in [3.63, 3.8) is 0 Å². The third kappa shape index (κ3) is 1.59. The molecule has 0 aromatic carbocycles. The summed E-state index contributed by atoms with van der Waals surface area (Å²) in [6.45, 7) is -0.131. The van der Waals surface area contributed by atoms with E-state index in [2.05, 4.69) is 15.1 Å². The van der Waals surface area contributed by atoms with Crippen molar-refractivity contribution < 1.29 is 5.11 Å². The molecule has 0 aliphatic rings. The molecule has 2 aromatic heterocycles. The fourth-order valence-corrected chi connectivity index (χ4v) is 1.22. The molecule has 2 aromatic rings. The molecule has 0 spiro atoms. The van der Waals surface area contributed by atoms with E-state index in [1.54, 1.807) is 6.20 Å². The van der Waals surface area contributed by atoms with E-state index in [9.17, 15) is 0 Å². The Morgan fingerprint density at radius 2 is 2.29 bits per heavy atom. The van der Waals surface area contributed by atoms with E-state index in [-0.39, 0.29) is 6.61 Å². The van der Waals surface area contributed by atoms with E-state index in [4.69, 9.17) is 16.7 Å². The van der Waals surface area contributed by atoms with E-state index in [1.165, 1.54) is 23.4 Å². The quantitative estimate of drug-likeness (QED) is 0.797. The summed E-state index contributed by atoms with van der Waals surface area (Å²) >= 11 is 5.72. The number of aliphatic hydroxyl groups excluding tert-OH is 1. The Labute approximate surface area is 85.0 Å². The zero-order valence-corrected chi connectivity index (χ0v) is 7.89. The highest BCUT2D eigenvalue weighted by Crippen LogP contribution is 2.12. The second-order valence-corrected chi connectivity index (χ2v) is 3.07. The number of halogens is 1. The van der Waals surface area contributed by atoms with Crippen LogP contribution in [0.1, 0.15) is 5.56 Å². The molecule has 0 atom stereocenters. The second-order valence-electron chi connectivity index (χ2n) is 2.63. The normalized spacial score (nSPS) is 10.4. The van der Waals surface area contributed by atoms with E-state index in [0.29, 0.717) is 16.4 Å². The van der Waals surface area contributed by atoms with Gasteiger partial charge in [-0.15, -0.1) is 0 Å². The molecule has 0 aliphatic heterocycles. The molecule has 5 nitrogen and oxygen atoms in total. The third-order valence-electron chi connectivity index (χ3n) is 1.70. The van der Waals surface area contributed by atoms with Crippen molar-refractivity contribution in [3.05, 3.63) is 35.5 Å². The van der Waals surface area contributed by atoms with Gasteiger partial charge in [0.05, 0.1) is 24.0 Å². The van der Waals surface area contributed by atoms with Gasteiger partial charge in [0.1, 0.15) is 6.33 Å². The minimum absolute atomic E-state index is 0.131. The summed E-state index contributed by atoms with van der Waals surface area (Å²) in [7, 11) is 0. The first kappa shape index (κ1) is 9.11. The number of nitrogens with zero attached hydrogens (tertiary/aromatic N) is 4. The molecule has 0 saturated carbocycles. The minimum atomic E-state index is -0.131. The molecular formula is C8H7ClN4O. The summed E-state index contributed by atoms with van der Waals surface area (Å²) in [5.41, 5.74) is 0.604. The van der Waals surface area contributed by atoms with Crippen LogP contribution >= 0.6 is 11.6 Å². The molecule has 0 fully saturated rings. The number of hydrogen-bond acceptors (Lipinski definition) is 4. The van der Waals surface area contributed by atoms with Gasteiger partial charge in [0.15, 0.2) is 5.82 Å². The van der Waals surface area contributed by atoms with Crippen molar-refractivity contribution in [1.82, 2.24) is 19.7 Å². The molecule has 2 heterocycles. The molecule has 6 heteroatoms. The van der Waals surface area contributed by atoms with Crippen molar-refractivity contribution in [2.45, 2.75) is 6.61 Å². The number of hydrogen-bond donors (Lipinski definition) is 1. The second kappa shape index (κ2) is 3.73. The first-order valence-corrected chi connectivity index (χ1v) is 4.29. The summed E-state index contributed by atoms with van der Waals surface area (Å²) in [5, 5.41) is 13.5. The summed E-state index contributed by atoms with van der Waals surface area (Å²) < 4.78 is 1.50. The molecule has 2 rings (SSSR count). The van der Waals surface area contributed by atoms with Gasteiger partial charge in [0.2, 0.25) is 0 Å². The first-order chi connectivity index (χ1) is 6.81. The predicted molar refractivity (Wildman–Crippen MR) is 50.1 cm³/mol. The van der Waals surface area contributed by atoms with E-state index >= 15 is 0 Å². The van der Waals surface area contributed by atoms with Crippen molar-refractivity contribution >= 4 is 11.6 Å². The minimum Gasteiger partial charge on any atom is -0.391 e. The van der Waals surface area contributed by atoms with Crippen LogP contribution in [0, 0.1) is 0 Å². The Bertz CT molecular complexity index is 442. The fourth-order valence-electron chi connectivity index (χ4n) is 1.09. The average Bonchev–Trinajstić information content (AvgIpc) is 2.65. The van der Waals surface area contributed by atoms with Gasteiger partial charge in [0, 0.05) is 11.8 Å². The molecular weight excluding hydrogens is 204 g/mol. The van der Waals surface area contributed by atoms with Crippen molar-refractivity contribution in [2.75, 3.05) is 0 Å². The molecule has 1 N–H and O–H groups in total. The third-order valence-corrected chi connectivity index (χ3v) is 1.90. The Kier molecular flexibility index (Phi) is 2.43. The molecule has 0 aliphatic carbocycles. The highest BCUT2D eigenvalue weighted by atomic mass is 35.5. The highest BCUT2D eigenvalue weighted by Gasteiger charge is 2.06. The topological polar surface area (TPSA) is 63.8 Å². The van der Waals surface area contributed by atoms with Crippen LogP contribution in [0.25, 0.3) is 5.82 Å². The predicted octanol–water partition coefficient (Wildman–Crippen LogP) is 0.808. The molecule has 0 unspecified atom stereocenters. The van der Waals surface area contributed by atoms with E-state index in [1.807, 2.05) is 0 Å². The van der Waals surface area contributed by atoms with Crippen LogP contribution in [0.4, 0.5) is 0 Å². The van der Waals surface area contributed by atoms with E-state index in [0.717, 1.165) is 0 Å². The van der Waals surface area contributed by atoms with Gasteiger partial charge in [-0.2, -0.15) is 5.10 Å². The average molecular weight is 211 g/mol. The van der Waals surface area contributed by atoms with Gasteiger partial charge in [-0.05, 0) is 0 Å². The lowest BCUT2D eigenvalue weighted by molar-refractivity contribution is 0.280. The zero-order chi connectivity index (χ0) is 9.97. The number of aromatic nitrogens is 4. The maximum atomic E-state index is 9.03. The zero-order valence-electron chi connectivity index (χ0n) is 7.13. The molecule has 0 amide bonds. The maximum absolute atomic E-state index is 9.03. The standard InChI is InChI=1S/C8H7ClN4O/c9-7-2-12-13(3-7)8-6(4-14)1-10-5-11-8/h1-3,5,14H,4H2. The Hall–Kier alpha value is -1.46. The van der Waals surface area contributed by atoms with Gasteiger partial charge in [-0.1, -0.05) is 11.6 Å². The Morgan fingerprint density at radius 1 is 1.43 bits per heavy atom. The summed E-state index contributed by atoms with van der Waals surface area (Å²) in [6.07, 6.45) is 6.05. The van der Waals surface area contributed by atoms with Crippen LogP contribution in [0.5, 0.6) is 0 Å². The first-order valence-electron chi connectivity index (χ1n) is 3.91. The van der Waals surface area contributed by atoms with Gasteiger partial charge >= 0.3 is 0 Å². The smallest absolute Gasteiger partial charge is 0.162 e. The highest BCUT2D eigenvalue weighted by molar-refractivity contribution is 6.30. The molecule has 72 valence electrons. The van der Waals surface area contributed by atoms with Crippen molar-refractivity contribution in [1.29, 1.82) is 0 Å². The summed E-state index contributed by atoms with van der Waals surface area (Å²) in [5.74, 6) is 0.536. The van der Waals surface area contributed by atoms with Crippen molar-refractivity contribution in [3.8, 4) is 5.82 Å². The summed E-state index contributed by atoms with van der Waals surface area (Å²) in [6, 6.07) is 0. The lowest BCUT2D eigenvalue weighted by Crippen LogP contribution is -2.03. The van der Waals surface area contributed by atoms with Crippen LogP contribution in [0.2, 0.25) is 5.02 Å². The molecule has 0 saturated heterocycles. The largest absolute Gasteiger partial charge is 0.391 e.